The van der Waals surface area contributed by atoms with E-state index in [0.717, 1.165) is 16.9 Å². The van der Waals surface area contributed by atoms with Crippen molar-refractivity contribution in [1.82, 2.24) is 15.4 Å². The van der Waals surface area contributed by atoms with E-state index in [0.29, 0.717) is 12.1 Å². The van der Waals surface area contributed by atoms with Gasteiger partial charge in [-0.25, -0.2) is 17.9 Å². The van der Waals surface area contributed by atoms with Crippen molar-refractivity contribution in [3.8, 4) is 5.75 Å². The van der Waals surface area contributed by atoms with Gasteiger partial charge in [0.2, 0.25) is 10.0 Å². The van der Waals surface area contributed by atoms with Crippen LogP contribution in [0.25, 0.3) is 0 Å². The van der Waals surface area contributed by atoms with Gasteiger partial charge in [-0.15, -0.1) is 0 Å². The summed E-state index contributed by atoms with van der Waals surface area (Å²) in [6, 6.07) is 14.0. The van der Waals surface area contributed by atoms with Crippen molar-refractivity contribution in [1.29, 1.82) is 0 Å². The quantitative estimate of drug-likeness (QED) is 0.582. The SMILES string of the molecule is COc1ccccc1C(C)NC(=O)NCc1ccc(CS(=O)(=O)NC(C)C)cc1. The summed E-state index contributed by atoms with van der Waals surface area (Å²) >= 11 is 0. The average Bonchev–Trinajstić information content (AvgIpc) is 2.66. The standard InChI is InChI=1S/C21H29N3O4S/c1-15(2)24-29(26,27)14-18-11-9-17(10-12-18)13-22-21(25)23-16(3)19-7-5-6-8-20(19)28-4/h5-12,15-16,24H,13-14H2,1-4H3,(H2,22,23,25). The molecule has 0 bridgehead atoms. The first-order chi connectivity index (χ1) is 13.7. The first-order valence-corrected chi connectivity index (χ1v) is 11.1. The van der Waals surface area contributed by atoms with Crippen LogP contribution in [-0.2, 0) is 22.3 Å². The second-order valence-electron chi connectivity index (χ2n) is 7.14. The van der Waals surface area contributed by atoms with Crippen molar-refractivity contribution in [2.75, 3.05) is 7.11 Å². The Morgan fingerprint density at radius 3 is 2.24 bits per heavy atom. The van der Waals surface area contributed by atoms with Gasteiger partial charge in [-0.3, -0.25) is 0 Å². The molecule has 0 aromatic heterocycles. The van der Waals surface area contributed by atoms with Crippen LogP contribution >= 0.6 is 0 Å². The van der Waals surface area contributed by atoms with Crippen molar-refractivity contribution < 1.29 is 17.9 Å². The number of nitrogens with one attached hydrogen (secondary N) is 3. The number of hydrogen-bond acceptors (Lipinski definition) is 4. The predicted molar refractivity (Wildman–Crippen MR) is 114 cm³/mol. The molecule has 29 heavy (non-hydrogen) atoms. The van der Waals surface area contributed by atoms with Crippen LogP contribution in [-0.4, -0.2) is 27.6 Å². The number of hydrogen-bond donors (Lipinski definition) is 3. The molecule has 0 heterocycles. The van der Waals surface area contributed by atoms with Crippen LogP contribution in [0.1, 0.15) is 43.5 Å². The summed E-state index contributed by atoms with van der Waals surface area (Å²) in [7, 11) is -1.76. The third-order valence-electron chi connectivity index (χ3n) is 4.20. The summed E-state index contributed by atoms with van der Waals surface area (Å²) in [5.41, 5.74) is 2.46. The van der Waals surface area contributed by atoms with Crippen LogP contribution in [0.4, 0.5) is 4.79 Å². The normalized spacial score (nSPS) is 12.4. The Morgan fingerprint density at radius 1 is 1.00 bits per heavy atom. The zero-order valence-electron chi connectivity index (χ0n) is 17.2. The van der Waals surface area contributed by atoms with Crippen molar-refractivity contribution in [2.24, 2.45) is 0 Å². The Bertz CT molecular complexity index is 912. The van der Waals surface area contributed by atoms with Crippen LogP contribution in [0.3, 0.4) is 0 Å². The minimum atomic E-state index is -3.36. The van der Waals surface area contributed by atoms with E-state index in [9.17, 15) is 13.2 Å². The number of carbonyl (C=O) groups excluding carboxylic acids is 1. The van der Waals surface area contributed by atoms with Crippen LogP contribution in [0.15, 0.2) is 48.5 Å². The summed E-state index contributed by atoms with van der Waals surface area (Å²) in [4.78, 5) is 12.2. The summed E-state index contributed by atoms with van der Waals surface area (Å²) in [5.74, 6) is 0.647. The number of amides is 2. The molecule has 7 nitrogen and oxygen atoms in total. The number of rotatable bonds is 9. The molecule has 158 valence electrons. The molecule has 0 spiro atoms. The van der Waals surface area contributed by atoms with Crippen molar-refractivity contribution >= 4 is 16.1 Å². The molecule has 0 saturated heterocycles. The lowest BCUT2D eigenvalue weighted by Crippen LogP contribution is -2.36. The van der Waals surface area contributed by atoms with Gasteiger partial charge in [-0.2, -0.15) is 0 Å². The van der Waals surface area contributed by atoms with E-state index in [-0.39, 0.29) is 23.9 Å². The van der Waals surface area contributed by atoms with Gasteiger partial charge in [0.05, 0.1) is 18.9 Å². The number of urea groups is 1. The Kier molecular flexibility index (Phi) is 8.04. The van der Waals surface area contributed by atoms with Crippen LogP contribution in [0.5, 0.6) is 5.75 Å². The molecule has 0 radical (unpaired) electrons. The highest BCUT2D eigenvalue weighted by atomic mass is 32.2. The lowest BCUT2D eigenvalue weighted by molar-refractivity contribution is 0.237. The van der Waals surface area contributed by atoms with E-state index in [1.165, 1.54) is 0 Å². The summed E-state index contributed by atoms with van der Waals surface area (Å²) in [6.45, 7) is 5.79. The molecule has 0 aliphatic heterocycles. The van der Waals surface area contributed by atoms with E-state index in [4.69, 9.17) is 4.74 Å². The molecule has 0 fully saturated rings. The average molecular weight is 420 g/mol. The molecule has 0 aliphatic rings. The predicted octanol–water partition coefficient (Wildman–Crippen LogP) is 3.08. The van der Waals surface area contributed by atoms with Crippen molar-refractivity contribution in [3.05, 3.63) is 65.2 Å². The lowest BCUT2D eigenvalue weighted by Gasteiger charge is -2.17. The Balaban J connectivity index is 1.87. The molecule has 3 N–H and O–H groups in total. The molecule has 8 heteroatoms. The first kappa shape index (κ1) is 22.7. The van der Waals surface area contributed by atoms with Gasteiger partial charge in [0.15, 0.2) is 0 Å². The highest BCUT2D eigenvalue weighted by Gasteiger charge is 2.14. The number of sulfonamides is 1. The highest BCUT2D eigenvalue weighted by Crippen LogP contribution is 2.24. The Morgan fingerprint density at radius 2 is 1.62 bits per heavy atom. The molecule has 2 amide bonds. The number of benzene rings is 2. The second kappa shape index (κ2) is 10.3. The fourth-order valence-corrected chi connectivity index (χ4v) is 4.34. The van der Waals surface area contributed by atoms with E-state index in [2.05, 4.69) is 15.4 Å². The van der Waals surface area contributed by atoms with Crippen LogP contribution < -0.4 is 20.1 Å². The van der Waals surface area contributed by atoms with Gasteiger partial charge < -0.3 is 15.4 Å². The lowest BCUT2D eigenvalue weighted by atomic mass is 10.1. The van der Waals surface area contributed by atoms with Crippen LogP contribution in [0.2, 0.25) is 0 Å². The molecule has 0 aliphatic carbocycles. The minimum Gasteiger partial charge on any atom is -0.496 e. The topological polar surface area (TPSA) is 96.5 Å². The highest BCUT2D eigenvalue weighted by molar-refractivity contribution is 7.88. The molecule has 2 aromatic carbocycles. The maximum atomic E-state index is 12.2. The first-order valence-electron chi connectivity index (χ1n) is 9.45. The van der Waals surface area contributed by atoms with Gasteiger partial charge in [-0.1, -0.05) is 42.5 Å². The minimum absolute atomic E-state index is 0.0736. The van der Waals surface area contributed by atoms with E-state index < -0.39 is 10.0 Å². The molecule has 2 aromatic rings. The van der Waals surface area contributed by atoms with E-state index in [1.54, 1.807) is 33.1 Å². The molecular formula is C21H29N3O4S. The number of methoxy groups -OCH3 is 1. The molecule has 2 rings (SSSR count). The van der Waals surface area contributed by atoms with Gasteiger partial charge >= 0.3 is 6.03 Å². The third kappa shape index (κ3) is 7.40. The largest absolute Gasteiger partial charge is 0.496 e. The monoisotopic (exact) mass is 419 g/mol. The fourth-order valence-electron chi connectivity index (χ4n) is 2.91. The zero-order chi connectivity index (χ0) is 21.4. The van der Waals surface area contributed by atoms with Crippen LogP contribution in [0, 0.1) is 0 Å². The molecule has 1 atom stereocenters. The zero-order valence-corrected chi connectivity index (χ0v) is 18.0. The molecular weight excluding hydrogens is 390 g/mol. The fraction of sp³-hybridized carbons (Fsp3) is 0.381. The van der Waals surface area contributed by atoms with E-state index in [1.807, 2.05) is 43.3 Å². The van der Waals surface area contributed by atoms with Gasteiger partial charge in [0, 0.05) is 18.2 Å². The van der Waals surface area contributed by atoms with Crippen molar-refractivity contribution in [2.45, 2.75) is 45.2 Å². The number of carbonyl (C=O) groups is 1. The van der Waals surface area contributed by atoms with Gasteiger partial charge in [0.25, 0.3) is 0 Å². The van der Waals surface area contributed by atoms with E-state index >= 15 is 0 Å². The second-order valence-corrected chi connectivity index (χ2v) is 8.89. The summed E-state index contributed by atoms with van der Waals surface area (Å²) in [5, 5.41) is 5.69. The maximum Gasteiger partial charge on any atom is 0.315 e. The number of ether oxygens (including phenoxy) is 1. The van der Waals surface area contributed by atoms with Crippen molar-refractivity contribution in [3.63, 3.8) is 0 Å². The third-order valence-corrected chi connectivity index (χ3v) is 5.74. The number of para-hydroxylation sites is 1. The molecule has 1 unspecified atom stereocenters. The Hall–Kier alpha value is -2.58. The summed E-state index contributed by atoms with van der Waals surface area (Å²) in [6.07, 6.45) is 0. The maximum absolute atomic E-state index is 12.2. The smallest absolute Gasteiger partial charge is 0.315 e. The van der Waals surface area contributed by atoms with Gasteiger partial charge in [-0.05, 0) is 38.0 Å². The molecule has 0 saturated carbocycles. The Labute approximate surface area is 172 Å². The van der Waals surface area contributed by atoms with Gasteiger partial charge in [0.1, 0.15) is 5.75 Å². The summed E-state index contributed by atoms with van der Waals surface area (Å²) < 4.78 is 31.9.